The Kier molecular flexibility index (Phi) is 5.41. The maximum atomic E-state index is 13.4. The third-order valence-electron chi connectivity index (χ3n) is 5.56. The van der Waals surface area contributed by atoms with Gasteiger partial charge in [0.25, 0.3) is 11.8 Å². The van der Waals surface area contributed by atoms with E-state index in [0.29, 0.717) is 17.2 Å². The van der Waals surface area contributed by atoms with Gasteiger partial charge in [-0.25, -0.2) is 0 Å². The summed E-state index contributed by atoms with van der Waals surface area (Å²) in [6.45, 7) is 0. The SMILES string of the molecule is O=C1NC(=S)N(c2ccc(Oc3ccccc3)cc2)C(=O)C1=Cc1cc2c(s1)sc1ccccc12. The quantitative estimate of drug-likeness (QED) is 0.165. The summed E-state index contributed by atoms with van der Waals surface area (Å²) >= 11 is 8.60. The Hall–Kier alpha value is -3.85. The average molecular weight is 513 g/mol. The number of fused-ring (bicyclic) bond motifs is 3. The number of thiophene rings is 2. The molecule has 5 nitrogen and oxygen atoms in total. The number of anilines is 1. The maximum absolute atomic E-state index is 13.4. The molecule has 0 saturated carbocycles. The summed E-state index contributed by atoms with van der Waals surface area (Å²) in [6.07, 6.45) is 1.64. The predicted octanol–water partition coefficient (Wildman–Crippen LogP) is 6.74. The first-order valence-corrected chi connectivity index (χ1v) is 12.8. The van der Waals surface area contributed by atoms with Gasteiger partial charge in [0.05, 0.1) is 9.70 Å². The molecule has 1 saturated heterocycles. The number of hydrogen-bond acceptors (Lipinski definition) is 6. The molecule has 0 spiro atoms. The van der Waals surface area contributed by atoms with Crippen molar-refractivity contribution in [1.29, 1.82) is 0 Å². The molecule has 6 rings (SSSR count). The number of rotatable bonds is 4. The molecule has 170 valence electrons. The monoisotopic (exact) mass is 512 g/mol. The van der Waals surface area contributed by atoms with Gasteiger partial charge in [-0.3, -0.25) is 19.8 Å². The van der Waals surface area contributed by atoms with Crippen LogP contribution in [0.25, 0.3) is 25.6 Å². The van der Waals surface area contributed by atoms with E-state index in [-0.39, 0.29) is 10.7 Å². The molecule has 35 heavy (non-hydrogen) atoms. The Bertz CT molecular complexity index is 1650. The van der Waals surface area contributed by atoms with Gasteiger partial charge in [-0.05, 0) is 66.8 Å². The van der Waals surface area contributed by atoms with Crippen LogP contribution in [0, 0.1) is 0 Å². The third-order valence-corrected chi connectivity index (χ3v) is 8.20. The minimum Gasteiger partial charge on any atom is -0.457 e. The Morgan fingerprint density at radius 1 is 0.829 bits per heavy atom. The van der Waals surface area contributed by atoms with Crippen LogP contribution in [-0.2, 0) is 9.59 Å². The first kappa shape index (κ1) is 21.7. The van der Waals surface area contributed by atoms with Crippen molar-refractivity contribution in [1.82, 2.24) is 5.32 Å². The lowest BCUT2D eigenvalue weighted by atomic mass is 10.1. The number of thiocarbonyl (C=S) groups is 1. The van der Waals surface area contributed by atoms with Gasteiger partial charge in [0.1, 0.15) is 17.1 Å². The van der Waals surface area contributed by atoms with Gasteiger partial charge in [0.2, 0.25) is 0 Å². The Labute approximate surface area is 213 Å². The van der Waals surface area contributed by atoms with Crippen molar-refractivity contribution in [2.24, 2.45) is 0 Å². The van der Waals surface area contributed by atoms with Crippen LogP contribution in [0.5, 0.6) is 11.5 Å². The summed E-state index contributed by atoms with van der Waals surface area (Å²) in [4.78, 5) is 28.2. The van der Waals surface area contributed by atoms with Crippen LogP contribution in [0.1, 0.15) is 4.88 Å². The predicted molar refractivity (Wildman–Crippen MR) is 146 cm³/mol. The highest BCUT2D eigenvalue weighted by atomic mass is 32.2. The van der Waals surface area contributed by atoms with Gasteiger partial charge in [-0.1, -0.05) is 36.4 Å². The van der Waals surface area contributed by atoms with E-state index in [2.05, 4.69) is 17.4 Å². The van der Waals surface area contributed by atoms with Crippen LogP contribution in [0.2, 0.25) is 0 Å². The van der Waals surface area contributed by atoms with E-state index in [1.54, 1.807) is 53.0 Å². The number of carbonyl (C=O) groups is 2. The van der Waals surface area contributed by atoms with E-state index in [0.717, 1.165) is 14.3 Å². The number of para-hydroxylation sites is 1. The summed E-state index contributed by atoms with van der Waals surface area (Å²) < 4.78 is 8.20. The molecule has 1 aliphatic heterocycles. The van der Waals surface area contributed by atoms with Crippen LogP contribution in [-0.4, -0.2) is 16.9 Å². The summed E-state index contributed by atoms with van der Waals surface area (Å²) in [7, 11) is 0. The minimum absolute atomic E-state index is 0.0430. The van der Waals surface area contributed by atoms with E-state index >= 15 is 0 Å². The first-order valence-electron chi connectivity index (χ1n) is 10.7. The van der Waals surface area contributed by atoms with E-state index in [9.17, 15) is 9.59 Å². The highest BCUT2D eigenvalue weighted by molar-refractivity contribution is 7.80. The largest absolute Gasteiger partial charge is 0.457 e. The fraction of sp³-hybridized carbons (Fsp3) is 0. The second kappa shape index (κ2) is 8.74. The van der Waals surface area contributed by atoms with Crippen molar-refractivity contribution in [3.63, 3.8) is 0 Å². The van der Waals surface area contributed by atoms with Crippen molar-refractivity contribution in [3.8, 4) is 11.5 Å². The highest BCUT2D eigenvalue weighted by Crippen LogP contribution is 2.40. The van der Waals surface area contributed by atoms with Gasteiger partial charge < -0.3 is 4.74 Å². The van der Waals surface area contributed by atoms with Gasteiger partial charge in [0.15, 0.2) is 5.11 Å². The number of benzene rings is 3. The average Bonchev–Trinajstić information content (AvgIpc) is 3.41. The summed E-state index contributed by atoms with van der Waals surface area (Å²) in [5.74, 6) is 0.380. The topological polar surface area (TPSA) is 58.6 Å². The van der Waals surface area contributed by atoms with Crippen molar-refractivity contribution < 1.29 is 14.3 Å². The van der Waals surface area contributed by atoms with E-state index < -0.39 is 11.8 Å². The molecule has 1 N–H and O–H groups in total. The number of amides is 2. The summed E-state index contributed by atoms with van der Waals surface area (Å²) in [5.41, 5.74) is 0.589. The second-order valence-corrected chi connectivity index (χ2v) is 10.6. The van der Waals surface area contributed by atoms with Gasteiger partial charge >= 0.3 is 0 Å². The lowest BCUT2D eigenvalue weighted by Gasteiger charge is -2.28. The first-order chi connectivity index (χ1) is 17.1. The fourth-order valence-electron chi connectivity index (χ4n) is 3.93. The molecular formula is C27H16N2O3S3. The molecule has 1 fully saturated rings. The van der Waals surface area contributed by atoms with Gasteiger partial charge in [-0.15, -0.1) is 22.7 Å². The normalized spacial score (nSPS) is 15.3. The Morgan fingerprint density at radius 3 is 2.34 bits per heavy atom. The molecular weight excluding hydrogens is 497 g/mol. The molecule has 8 heteroatoms. The molecule has 0 unspecified atom stereocenters. The molecule has 3 heterocycles. The molecule has 2 aromatic heterocycles. The highest BCUT2D eigenvalue weighted by Gasteiger charge is 2.34. The zero-order valence-corrected chi connectivity index (χ0v) is 20.5. The van der Waals surface area contributed by atoms with Crippen molar-refractivity contribution >= 4 is 83.1 Å². The zero-order valence-electron chi connectivity index (χ0n) is 18.1. The minimum atomic E-state index is -0.498. The number of ether oxygens (including phenoxy) is 1. The molecule has 1 aliphatic rings. The van der Waals surface area contributed by atoms with Gasteiger partial charge in [-0.2, -0.15) is 0 Å². The van der Waals surface area contributed by atoms with Crippen LogP contribution in [0.3, 0.4) is 0 Å². The molecule has 0 atom stereocenters. The van der Waals surface area contributed by atoms with Crippen molar-refractivity contribution in [2.45, 2.75) is 0 Å². The lowest BCUT2D eigenvalue weighted by Crippen LogP contribution is -2.54. The molecule has 0 radical (unpaired) electrons. The standard InChI is InChI=1S/C27H16N2O3S3/c30-24-22(15-19-14-21-20-8-4-5-9-23(20)35-26(21)34-19)25(31)29(27(33)28-24)16-10-12-18(13-11-16)32-17-6-2-1-3-7-17/h1-15H,(H,28,30,33). The van der Waals surface area contributed by atoms with Crippen LogP contribution in [0.4, 0.5) is 5.69 Å². The smallest absolute Gasteiger partial charge is 0.270 e. The lowest BCUT2D eigenvalue weighted by molar-refractivity contribution is -0.122. The molecule has 0 aliphatic carbocycles. The van der Waals surface area contributed by atoms with E-state index in [1.165, 1.54) is 15.0 Å². The molecule has 5 aromatic rings. The second-order valence-electron chi connectivity index (χ2n) is 7.81. The van der Waals surface area contributed by atoms with E-state index in [1.807, 2.05) is 48.5 Å². The van der Waals surface area contributed by atoms with Crippen LogP contribution in [0.15, 0.2) is 90.5 Å². The Balaban J connectivity index is 1.30. The third kappa shape index (κ3) is 4.01. The molecule has 3 aromatic carbocycles. The molecule has 0 bridgehead atoms. The van der Waals surface area contributed by atoms with Crippen LogP contribution < -0.4 is 15.0 Å². The number of hydrogen-bond donors (Lipinski definition) is 1. The maximum Gasteiger partial charge on any atom is 0.270 e. The van der Waals surface area contributed by atoms with E-state index in [4.69, 9.17) is 17.0 Å². The summed E-state index contributed by atoms with van der Waals surface area (Å²) in [6, 6.07) is 26.7. The Morgan fingerprint density at radius 2 is 1.54 bits per heavy atom. The number of nitrogens with zero attached hydrogens (tertiary/aromatic N) is 1. The zero-order chi connectivity index (χ0) is 23.9. The van der Waals surface area contributed by atoms with Crippen molar-refractivity contribution in [3.05, 3.63) is 95.4 Å². The van der Waals surface area contributed by atoms with Gasteiger partial charge in [0, 0.05) is 20.3 Å². The summed E-state index contributed by atoms with van der Waals surface area (Å²) in [5, 5.41) is 5.00. The van der Waals surface area contributed by atoms with Crippen molar-refractivity contribution in [2.75, 3.05) is 4.90 Å². The number of carbonyl (C=O) groups excluding carboxylic acids is 2. The van der Waals surface area contributed by atoms with Crippen LogP contribution >= 0.6 is 34.9 Å². The number of nitrogens with one attached hydrogen (secondary N) is 1. The molecule has 2 amide bonds. The fourth-order valence-corrected chi connectivity index (χ4v) is 6.69.